The molecule has 5 nitrogen and oxygen atoms in total. The first-order chi connectivity index (χ1) is 12.1. The summed E-state index contributed by atoms with van der Waals surface area (Å²) >= 11 is 1.64. The highest BCUT2D eigenvalue weighted by Crippen LogP contribution is 2.39. The summed E-state index contributed by atoms with van der Waals surface area (Å²) in [6, 6.07) is 10.3. The molecule has 1 aliphatic rings. The van der Waals surface area contributed by atoms with Gasteiger partial charge in [0.25, 0.3) is 0 Å². The predicted octanol–water partition coefficient (Wildman–Crippen LogP) is 3.37. The number of primary amides is 1. The zero-order valence-corrected chi connectivity index (χ0v) is 14.9. The maximum Gasteiger partial charge on any atom is 0.222 e. The molecule has 4 rings (SSSR count). The summed E-state index contributed by atoms with van der Waals surface area (Å²) in [5, 5.41) is 3.22. The predicted molar refractivity (Wildman–Crippen MR) is 102 cm³/mol. The number of aromatic nitrogens is 2. The number of nitrogens with two attached hydrogens (primary N) is 1. The van der Waals surface area contributed by atoms with E-state index in [-0.39, 0.29) is 11.8 Å². The van der Waals surface area contributed by atoms with E-state index in [0.717, 1.165) is 52.4 Å². The smallest absolute Gasteiger partial charge is 0.222 e. The third kappa shape index (κ3) is 2.98. The highest BCUT2D eigenvalue weighted by Gasteiger charge is 2.27. The average Bonchev–Trinajstić information content (AvgIpc) is 3.05. The lowest BCUT2D eigenvalue weighted by Gasteiger charge is -2.32. The molecule has 3 aromatic rings. The zero-order chi connectivity index (χ0) is 17.4. The molecule has 1 unspecified atom stereocenters. The third-order valence-electron chi connectivity index (χ3n) is 4.73. The molecule has 1 amide bonds. The second-order valence-electron chi connectivity index (χ2n) is 6.48. The van der Waals surface area contributed by atoms with Crippen LogP contribution in [0.1, 0.15) is 18.7 Å². The van der Waals surface area contributed by atoms with Crippen molar-refractivity contribution in [3.8, 4) is 11.1 Å². The summed E-state index contributed by atoms with van der Waals surface area (Å²) < 4.78 is 0. The monoisotopic (exact) mass is 352 g/mol. The van der Waals surface area contributed by atoms with E-state index >= 15 is 0 Å². The van der Waals surface area contributed by atoms with E-state index < -0.39 is 0 Å². The van der Waals surface area contributed by atoms with Gasteiger partial charge in [0.15, 0.2) is 0 Å². The summed E-state index contributed by atoms with van der Waals surface area (Å²) in [5.74, 6) is 1.34. The van der Waals surface area contributed by atoms with Crippen molar-refractivity contribution in [1.29, 1.82) is 0 Å². The number of aryl methyl sites for hydroxylation is 1. The van der Waals surface area contributed by atoms with Crippen molar-refractivity contribution < 1.29 is 4.79 Å². The van der Waals surface area contributed by atoms with Crippen LogP contribution in [0, 0.1) is 12.8 Å². The Morgan fingerprint density at radius 3 is 2.84 bits per heavy atom. The number of fused-ring (bicyclic) bond motifs is 1. The van der Waals surface area contributed by atoms with Crippen molar-refractivity contribution in [3.63, 3.8) is 0 Å². The number of piperidine rings is 1. The molecule has 128 valence electrons. The van der Waals surface area contributed by atoms with Gasteiger partial charge in [0.2, 0.25) is 5.91 Å². The van der Waals surface area contributed by atoms with Gasteiger partial charge in [0.05, 0.1) is 11.3 Å². The number of amides is 1. The molecule has 1 atom stereocenters. The summed E-state index contributed by atoms with van der Waals surface area (Å²) in [4.78, 5) is 24.2. The molecule has 1 aromatic carbocycles. The van der Waals surface area contributed by atoms with E-state index in [1.165, 1.54) is 0 Å². The average molecular weight is 352 g/mol. The van der Waals surface area contributed by atoms with E-state index in [9.17, 15) is 4.79 Å². The van der Waals surface area contributed by atoms with Crippen LogP contribution >= 0.6 is 11.3 Å². The topological polar surface area (TPSA) is 72.1 Å². The van der Waals surface area contributed by atoms with E-state index in [0.29, 0.717) is 6.54 Å². The molecule has 1 saturated heterocycles. The number of thiophene rings is 1. The third-order valence-corrected chi connectivity index (χ3v) is 5.61. The number of hydrogen-bond donors (Lipinski definition) is 1. The minimum absolute atomic E-state index is 0.113. The Hall–Kier alpha value is -2.47. The quantitative estimate of drug-likeness (QED) is 0.784. The molecule has 0 radical (unpaired) electrons. The molecular formula is C19H20N4OS. The van der Waals surface area contributed by atoms with Gasteiger partial charge in [-0.1, -0.05) is 30.3 Å². The van der Waals surface area contributed by atoms with Crippen LogP contribution in [-0.4, -0.2) is 29.0 Å². The molecule has 1 aliphatic heterocycles. The molecular weight excluding hydrogens is 332 g/mol. The first-order valence-corrected chi connectivity index (χ1v) is 9.37. The van der Waals surface area contributed by atoms with E-state index in [4.69, 9.17) is 10.7 Å². The molecule has 0 spiro atoms. The van der Waals surface area contributed by atoms with Gasteiger partial charge in [-0.15, -0.1) is 11.3 Å². The van der Waals surface area contributed by atoms with Crippen molar-refractivity contribution >= 4 is 33.3 Å². The van der Waals surface area contributed by atoms with Gasteiger partial charge >= 0.3 is 0 Å². The minimum atomic E-state index is -0.222. The Balaban J connectivity index is 1.85. The van der Waals surface area contributed by atoms with Crippen LogP contribution in [0.3, 0.4) is 0 Å². The van der Waals surface area contributed by atoms with E-state index in [1.54, 1.807) is 11.3 Å². The van der Waals surface area contributed by atoms with Crippen LogP contribution in [0.25, 0.3) is 21.3 Å². The molecule has 1 fully saturated rings. The number of nitrogens with zero attached hydrogens (tertiary/aromatic N) is 3. The number of rotatable bonds is 3. The Labute approximate surface area is 150 Å². The molecule has 0 aliphatic carbocycles. The summed E-state index contributed by atoms with van der Waals surface area (Å²) in [6.45, 7) is 3.44. The lowest BCUT2D eigenvalue weighted by molar-refractivity contribution is -0.122. The molecule has 0 saturated carbocycles. The highest BCUT2D eigenvalue weighted by atomic mass is 32.1. The van der Waals surface area contributed by atoms with Gasteiger partial charge in [-0.3, -0.25) is 4.79 Å². The maximum atomic E-state index is 11.7. The number of anilines is 1. The number of carbonyl (C=O) groups excluding carboxylic acids is 1. The Kier molecular flexibility index (Phi) is 4.13. The molecule has 3 heterocycles. The van der Waals surface area contributed by atoms with Crippen LogP contribution in [0.5, 0.6) is 0 Å². The van der Waals surface area contributed by atoms with Gasteiger partial charge < -0.3 is 10.6 Å². The fourth-order valence-electron chi connectivity index (χ4n) is 3.49. The lowest BCUT2D eigenvalue weighted by atomic mass is 9.97. The van der Waals surface area contributed by atoms with Crippen molar-refractivity contribution in [2.75, 3.05) is 18.0 Å². The molecule has 2 aromatic heterocycles. The fourth-order valence-corrected chi connectivity index (χ4v) is 4.48. The maximum absolute atomic E-state index is 11.7. The summed E-state index contributed by atoms with van der Waals surface area (Å²) in [6.07, 6.45) is 1.80. The second kappa shape index (κ2) is 6.44. The Morgan fingerprint density at radius 1 is 1.28 bits per heavy atom. The van der Waals surface area contributed by atoms with Crippen molar-refractivity contribution in [2.24, 2.45) is 11.7 Å². The summed E-state index contributed by atoms with van der Waals surface area (Å²) in [5.41, 5.74) is 7.86. The van der Waals surface area contributed by atoms with E-state index in [2.05, 4.69) is 27.4 Å². The highest BCUT2D eigenvalue weighted by molar-refractivity contribution is 7.17. The number of hydrogen-bond acceptors (Lipinski definition) is 5. The molecule has 6 heteroatoms. The van der Waals surface area contributed by atoms with Crippen LogP contribution < -0.4 is 10.6 Å². The van der Waals surface area contributed by atoms with Gasteiger partial charge in [-0.25, -0.2) is 9.97 Å². The van der Waals surface area contributed by atoms with Gasteiger partial charge in [0, 0.05) is 24.0 Å². The van der Waals surface area contributed by atoms with Crippen LogP contribution in [0.2, 0.25) is 0 Å². The second-order valence-corrected chi connectivity index (χ2v) is 7.34. The summed E-state index contributed by atoms with van der Waals surface area (Å²) in [7, 11) is 0. The Morgan fingerprint density at radius 2 is 2.08 bits per heavy atom. The lowest BCUT2D eigenvalue weighted by Crippen LogP contribution is -2.41. The first kappa shape index (κ1) is 16.0. The van der Waals surface area contributed by atoms with Crippen molar-refractivity contribution in [1.82, 2.24) is 9.97 Å². The fraction of sp³-hybridized carbons (Fsp3) is 0.316. The molecule has 25 heavy (non-hydrogen) atoms. The van der Waals surface area contributed by atoms with Gasteiger partial charge in [-0.05, 0) is 25.3 Å². The van der Waals surface area contributed by atoms with Gasteiger partial charge in [0.1, 0.15) is 16.5 Å². The normalized spacial score (nSPS) is 17.8. The number of carbonyl (C=O) groups is 1. The van der Waals surface area contributed by atoms with Crippen LogP contribution in [0.15, 0.2) is 35.7 Å². The Bertz CT molecular complexity index is 922. The standard InChI is InChI=1S/C19H20N4OS/c1-12-21-18(23-9-5-8-14(10-23)17(20)24)16-15(11-25-19(16)22-12)13-6-3-2-4-7-13/h2-4,6-7,11,14H,5,8-10H2,1H3,(H2,20,24). The largest absolute Gasteiger partial charge is 0.369 e. The van der Waals surface area contributed by atoms with Crippen LogP contribution in [0.4, 0.5) is 5.82 Å². The minimum Gasteiger partial charge on any atom is -0.369 e. The van der Waals surface area contributed by atoms with Gasteiger partial charge in [-0.2, -0.15) is 0 Å². The SMILES string of the molecule is Cc1nc(N2CCCC(C(N)=O)C2)c2c(-c3ccccc3)csc2n1. The number of benzene rings is 1. The van der Waals surface area contributed by atoms with E-state index in [1.807, 2.05) is 25.1 Å². The zero-order valence-electron chi connectivity index (χ0n) is 14.1. The van der Waals surface area contributed by atoms with Crippen molar-refractivity contribution in [2.45, 2.75) is 19.8 Å². The molecule has 0 bridgehead atoms. The first-order valence-electron chi connectivity index (χ1n) is 8.49. The molecule has 2 N–H and O–H groups in total. The van der Waals surface area contributed by atoms with Crippen molar-refractivity contribution in [3.05, 3.63) is 41.5 Å². The van der Waals surface area contributed by atoms with Crippen LogP contribution in [-0.2, 0) is 4.79 Å².